The first kappa shape index (κ1) is 15.3. The van der Waals surface area contributed by atoms with Gasteiger partial charge in [0.15, 0.2) is 0 Å². The molecule has 0 aliphatic rings. The van der Waals surface area contributed by atoms with E-state index in [0.717, 1.165) is 0 Å². The first-order valence-corrected chi connectivity index (χ1v) is 6.01. The van der Waals surface area contributed by atoms with Crippen molar-refractivity contribution in [1.29, 1.82) is 0 Å². The summed E-state index contributed by atoms with van der Waals surface area (Å²) in [5, 5.41) is 0. The molecule has 0 bridgehead atoms. The molecule has 1 radical (unpaired) electrons. The molecule has 0 aliphatic carbocycles. The molecule has 0 unspecified atom stereocenters. The van der Waals surface area contributed by atoms with Crippen LogP contribution in [0.1, 0.15) is 36.8 Å². The van der Waals surface area contributed by atoms with Crippen molar-refractivity contribution < 1.29 is 0 Å². The van der Waals surface area contributed by atoms with Crippen molar-refractivity contribution in [2.75, 3.05) is 0 Å². The summed E-state index contributed by atoms with van der Waals surface area (Å²) in [5.74, 6) is 0.549. The summed E-state index contributed by atoms with van der Waals surface area (Å²) < 4.78 is 0. The van der Waals surface area contributed by atoms with Crippen LogP contribution >= 0.6 is 0 Å². The summed E-state index contributed by atoms with van der Waals surface area (Å²) in [4.78, 5) is 0. The van der Waals surface area contributed by atoms with Gasteiger partial charge in [-0.2, -0.15) is 0 Å². The minimum Gasteiger partial charge on any atom is -0.0653 e. The second-order valence-electron chi connectivity index (χ2n) is 4.16. The summed E-state index contributed by atoms with van der Waals surface area (Å²) in [5.41, 5.74) is 2.85. The Morgan fingerprint density at radius 3 is 1.53 bits per heavy atom. The fraction of sp³-hybridized carbons (Fsp3) is 0.250. The Balaban J connectivity index is 0.00000144. The molecule has 0 nitrogen and oxygen atoms in total. The van der Waals surface area contributed by atoms with Gasteiger partial charge in [-0.3, -0.25) is 0 Å². The van der Waals surface area contributed by atoms with Crippen LogP contribution in [0.3, 0.4) is 0 Å². The Kier molecular flexibility index (Phi) is 7.53. The molecule has 0 spiro atoms. The molecule has 2 rings (SSSR count). The Morgan fingerprint density at radius 1 is 0.765 bits per heavy atom. The van der Waals surface area contributed by atoms with E-state index >= 15 is 0 Å². The predicted molar refractivity (Wildman–Crippen MR) is 75.4 cm³/mol. The summed E-state index contributed by atoms with van der Waals surface area (Å²) in [6.45, 7) is 2.25. The molecule has 2 aromatic rings. The molecule has 17 heavy (non-hydrogen) atoms. The molecular formula is C16H18Rb. The molecule has 0 fully saturated rings. The minimum atomic E-state index is 0. The normalized spacial score (nSPS) is 10.0. The van der Waals surface area contributed by atoms with Crippen LogP contribution in [0.2, 0.25) is 0 Å². The maximum absolute atomic E-state index is 2.25. The molecular weight excluding hydrogens is 278 g/mol. The van der Waals surface area contributed by atoms with Gasteiger partial charge in [-0.25, -0.2) is 0 Å². The largest absolute Gasteiger partial charge is 0.0653 e. The third kappa shape index (κ3) is 4.44. The zero-order valence-electron chi connectivity index (χ0n) is 10.8. The molecule has 0 saturated carbocycles. The Bertz CT molecular complexity index is 369. The summed E-state index contributed by atoms with van der Waals surface area (Å²) in [6.07, 6.45) is 2.43. The standard InChI is InChI=1S/C16H18.Rb/c1-2-9-16(14-10-5-3-6-11-14)15-12-7-4-8-13-15;/h3-8,10-13,16H,2,9H2,1H3;. The van der Waals surface area contributed by atoms with Crippen LogP contribution in [-0.2, 0) is 0 Å². The van der Waals surface area contributed by atoms with Crippen LogP contribution in [0, 0.1) is 0 Å². The minimum absolute atomic E-state index is 0. The zero-order valence-corrected chi connectivity index (χ0v) is 15.7. The average molecular weight is 296 g/mol. The smallest absolute Gasteiger partial charge is 0.00892 e. The molecule has 0 aliphatic heterocycles. The fourth-order valence-corrected chi connectivity index (χ4v) is 2.19. The summed E-state index contributed by atoms with van der Waals surface area (Å²) in [6, 6.07) is 21.6. The van der Waals surface area contributed by atoms with Crippen molar-refractivity contribution >= 4 is 58.2 Å². The average Bonchev–Trinajstić information content (AvgIpc) is 2.38. The van der Waals surface area contributed by atoms with Crippen LogP contribution in [0.4, 0.5) is 0 Å². The number of benzene rings is 2. The first-order valence-electron chi connectivity index (χ1n) is 6.01. The predicted octanol–water partition coefficient (Wildman–Crippen LogP) is 4.24. The van der Waals surface area contributed by atoms with E-state index in [0.29, 0.717) is 5.92 Å². The maximum atomic E-state index is 2.25. The van der Waals surface area contributed by atoms with Gasteiger partial charge >= 0.3 is 0 Å². The summed E-state index contributed by atoms with van der Waals surface area (Å²) in [7, 11) is 0. The van der Waals surface area contributed by atoms with Gasteiger partial charge in [-0.05, 0) is 17.5 Å². The molecule has 0 N–H and O–H groups in total. The van der Waals surface area contributed by atoms with Gasteiger partial charge in [0.2, 0.25) is 0 Å². The Hall–Kier alpha value is 0.245. The van der Waals surface area contributed by atoms with Gasteiger partial charge in [-0.1, -0.05) is 74.0 Å². The third-order valence-electron chi connectivity index (χ3n) is 2.98. The second kappa shape index (κ2) is 8.37. The van der Waals surface area contributed by atoms with E-state index in [1.807, 2.05) is 0 Å². The molecule has 1 heteroatoms. The van der Waals surface area contributed by atoms with Gasteiger partial charge in [0, 0.05) is 64.1 Å². The van der Waals surface area contributed by atoms with Crippen LogP contribution in [0.5, 0.6) is 0 Å². The van der Waals surface area contributed by atoms with Crippen molar-refractivity contribution in [1.82, 2.24) is 0 Å². The Morgan fingerprint density at radius 2 is 1.18 bits per heavy atom. The van der Waals surface area contributed by atoms with Crippen LogP contribution < -0.4 is 0 Å². The van der Waals surface area contributed by atoms with E-state index in [-0.39, 0.29) is 58.2 Å². The van der Waals surface area contributed by atoms with E-state index in [9.17, 15) is 0 Å². The van der Waals surface area contributed by atoms with Gasteiger partial charge in [0.05, 0.1) is 0 Å². The van der Waals surface area contributed by atoms with E-state index in [1.54, 1.807) is 0 Å². The first-order chi connectivity index (χ1) is 7.92. The SMILES string of the molecule is CCCC(c1ccccc1)c1ccccc1.[Rb]. The fourth-order valence-electron chi connectivity index (χ4n) is 2.19. The van der Waals surface area contributed by atoms with Crippen molar-refractivity contribution in [2.24, 2.45) is 0 Å². The van der Waals surface area contributed by atoms with Gasteiger partial charge in [0.25, 0.3) is 0 Å². The number of rotatable bonds is 4. The second-order valence-corrected chi connectivity index (χ2v) is 4.16. The topological polar surface area (TPSA) is 0 Å². The van der Waals surface area contributed by atoms with Crippen LogP contribution in [0.25, 0.3) is 0 Å². The quantitative estimate of drug-likeness (QED) is 0.791. The molecule has 0 aromatic heterocycles. The maximum Gasteiger partial charge on any atom is 0.00892 e. The molecule has 83 valence electrons. The van der Waals surface area contributed by atoms with Crippen LogP contribution in [0.15, 0.2) is 60.7 Å². The van der Waals surface area contributed by atoms with Crippen molar-refractivity contribution in [3.05, 3.63) is 71.8 Å². The van der Waals surface area contributed by atoms with E-state index in [4.69, 9.17) is 0 Å². The molecule has 0 atom stereocenters. The molecule has 0 saturated heterocycles. The van der Waals surface area contributed by atoms with Crippen molar-refractivity contribution in [3.8, 4) is 0 Å². The van der Waals surface area contributed by atoms with Gasteiger partial charge in [-0.15, -0.1) is 0 Å². The van der Waals surface area contributed by atoms with Gasteiger partial charge in [0.1, 0.15) is 0 Å². The van der Waals surface area contributed by atoms with Gasteiger partial charge < -0.3 is 0 Å². The van der Waals surface area contributed by atoms with Crippen molar-refractivity contribution in [2.45, 2.75) is 25.7 Å². The van der Waals surface area contributed by atoms with E-state index in [1.165, 1.54) is 24.0 Å². The monoisotopic (exact) mass is 295 g/mol. The van der Waals surface area contributed by atoms with E-state index in [2.05, 4.69) is 67.6 Å². The molecule has 0 heterocycles. The molecule has 0 amide bonds. The third-order valence-corrected chi connectivity index (χ3v) is 2.98. The summed E-state index contributed by atoms with van der Waals surface area (Å²) >= 11 is 0. The zero-order chi connectivity index (χ0) is 11.2. The van der Waals surface area contributed by atoms with Crippen LogP contribution in [-0.4, -0.2) is 58.2 Å². The van der Waals surface area contributed by atoms with E-state index < -0.39 is 0 Å². The number of hydrogen-bond donors (Lipinski definition) is 0. The Labute approximate surface area is 153 Å². The van der Waals surface area contributed by atoms with Crippen molar-refractivity contribution in [3.63, 3.8) is 0 Å². The number of hydrogen-bond acceptors (Lipinski definition) is 0. The molecule has 2 aromatic carbocycles.